The first-order valence-corrected chi connectivity index (χ1v) is 8.84. The molecule has 25 heavy (non-hydrogen) atoms. The Hall–Kier alpha value is -2.23. The molecule has 1 saturated carbocycles. The number of hydrogen-bond acceptors (Lipinski definition) is 2. The van der Waals surface area contributed by atoms with Gasteiger partial charge in [-0.3, -0.25) is 0 Å². The van der Waals surface area contributed by atoms with Gasteiger partial charge in [0.2, 0.25) is 0 Å². The maximum Gasteiger partial charge on any atom is 0.346 e. The Balaban J connectivity index is 1.70. The molecule has 132 valence electrons. The third kappa shape index (κ3) is 4.25. The molecule has 0 N–H and O–H groups in total. The summed E-state index contributed by atoms with van der Waals surface area (Å²) in [6.07, 6.45) is 5.67. The highest BCUT2D eigenvalue weighted by molar-refractivity contribution is 5.91. The van der Waals surface area contributed by atoms with Crippen molar-refractivity contribution in [2.75, 3.05) is 0 Å². The number of carbonyl (C=O) groups excluding carboxylic acids is 1. The van der Waals surface area contributed by atoms with Gasteiger partial charge in [-0.15, -0.1) is 0 Å². The molecule has 4 heteroatoms. The van der Waals surface area contributed by atoms with Gasteiger partial charge in [-0.25, -0.2) is 13.6 Å². The van der Waals surface area contributed by atoms with Crippen LogP contribution in [0.1, 0.15) is 60.9 Å². The van der Waals surface area contributed by atoms with E-state index < -0.39 is 17.6 Å². The predicted molar refractivity (Wildman–Crippen MR) is 92.7 cm³/mol. The highest BCUT2D eigenvalue weighted by Gasteiger charge is 2.23. The highest BCUT2D eigenvalue weighted by atomic mass is 19.1. The quantitative estimate of drug-likeness (QED) is 0.512. The molecular formula is C21H22F2O2. The summed E-state index contributed by atoms with van der Waals surface area (Å²) in [6.45, 7) is 2.21. The van der Waals surface area contributed by atoms with Gasteiger partial charge < -0.3 is 4.74 Å². The first-order valence-electron chi connectivity index (χ1n) is 8.84. The second kappa shape index (κ2) is 7.77. The highest BCUT2D eigenvalue weighted by Crippen LogP contribution is 2.37. The summed E-state index contributed by atoms with van der Waals surface area (Å²) in [6, 6.07) is 9.96. The van der Waals surface area contributed by atoms with Gasteiger partial charge in [0.1, 0.15) is 17.4 Å². The molecule has 0 radical (unpaired) electrons. The van der Waals surface area contributed by atoms with Crippen molar-refractivity contribution in [2.24, 2.45) is 5.92 Å². The summed E-state index contributed by atoms with van der Waals surface area (Å²) < 4.78 is 32.6. The zero-order valence-electron chi connectivity index (χ0n) is 14.3. The maximum absolute atomic E-state index is 14.4. The Bertz CT molecular complexity index is 749. The number of esters is 1. The van der Waals surface area contributed by atoms with Crippen LogP contribution in [0.25, 0.3) is 0 Å². The molecule has 2 aromatic carbocycles. The summed E-state index contributed by atoms with van der Waals surface area (Å²) >= 11 is 0. The van der Waals surface area contributed by atoms with Crippen molar-refractivity contribution in [3.8, 4) is 5.75 Å². The SMILES string of the molecule is CC[C@H]1CC[C@H](c2ccc(C(=O)Oc3cccc(F)c3)c(F)c2)CC1. The Morgan fingerprint density at radius 2 is 1.84 bits per heavy atom. The van der Waals surface area contributed by atoms with Crippen LogP contribution in [0.4, 0.5) is 8.78 Å². The van der Waals surface area contributed by atoms with Crippen molar-refractivity contribution >= 4 is 5.97 Å². The van der Waals surface area contributed by atoms with Crippen LogP contribution >= 0.6 is 0 Å². The number of ether oxygens (including phenoxy) is 1. The second-order valence-corrected chi connectivity index (χ2v) is 6.71. The van der Waals surface area contributed by atoms with E-state index in [1.165, 1.54) is 49.6 Å². The molecule has 0 aliphatic heterocycles. The minimum atomic E-state index is -0.815. The van der Waals surface area contributed by atoms with Crippen molar-refractivity contribution in [2.45, 2.75) is 44.9 Å². The van der Waals surface area contributed by atoms with E-state index in [9.17, 15) is 13.6 Å². The zero-order valence-corrected chi connectivity index (χ0v) is 14.3. The molecule has 0 amide bonds. The maximum atomic E-state index is 14.4. The van der Waals surface area contributed by atoms with E-state index in [0.717, 1.165) is 30.4 Å². The van der Waals surface area contributed by atoms with Crippen molar-refractivity contribution in [3.05, 3.63) is 65.2 Å². The molecule has 3 rings (SSSR count). The molecule has 0 heterocycles. The first kappa shape index (κ1) is 17.6. The van der Waals surface area contributed by atoms with Crippen LogP contribution in [-0.2, 0) is 0 Å². The van der Waals surface area contributed by atoms with E-state index in [2.05, 4.69) is 6.92 Å². The lowest BCUT2D eigenvalue weighted by Gasteiger charge is -2.28. The van der Waals surface area contributed by atoms with Gasteiger partial charge in [-0.1, -0.05) is 25.5 Å². The normalized spacial score (nSPS) is 20.3. The van der Waals surface area contributed by atoms with Crippen LogP contribution in [0.3, 0.4) is 0 Å². The summed E-state index contributed by atoms with van der Waals surface area (Å²) in [5.41, 5.74) is 0.810. The van der Waals surface area contributed by atoms with Crippen molar-refractivity contribution in [1.29, 1.82) is 0 Å². The average Bonchev–Trinajstić information content (AvgIpc) is 2.61. The topological polar surface area (TPSA) is 26.3 Å². The predicted octanol–water partition coefficient (Wildman–Crippen LogP) is 5.87. The number of benzene rings is 2. The van der Waals surface area contributed by atoms with Crippen LogP contribution in [0.5, 0.6) is 5.75 Å². The van der Waals surface area contributed by atoms with E-state index in [4.69, 9.17) is 4.74 Å². The molecular weight excluding hydrogens is 322 g/mol. The third-order valence-corrected chi connectivity index (χ3v) is 5.12. The Morgan fingerprint density at radius 3 is 2.48 bits per heavy atom. The largest absolute Gasteiger partial charge is 0.423 e. The summed E-state index contributed by atoms with van der Waals surface area (Å²) in [7, 11) is 0. The lowest BCUT2D eigenvalue weighted by Crippen LogP contribution is -2.14. The van der Waals surface area contributed by atoms with Gasteiger partial charge in [0.25, 0.3) is 0 Å². The number of hydrogen-bond donors (Lipinski definition) is 0. The minimum absolute atomic E-state index is 0.0614. The van der Waals surface area contributed by atoms with E-state index in [1.54, 1.807) is 0 Å². The third-order valence-electron chi connectivity index (χ3n) is 5.12. The fourth-order valence-electron chi connectivity index (χ4n) is 3.55. The van der Waals surface area contributed by atoms with Gasteiger partial charge in [0.15, 0.2) is 0 Å². The lowest BCUT2D eigenvalue weighted by atomic mass is 9.78. The van der Waals surface area contributed by atoms with Gasteiger partial charge in [-0.2, -0.15) is 0 Å². The molecule has 0 spiro atoms. The molecule has 0 unspecified atom stereocenters. The van der Waals surface area contributed by atoms with Crippen LogP contribution in [0, 0.1) is 17.6 Å². The van der Waals surface area contributed by atoms with E-state index in [-0.39, 0.29) is 11.3 Å². The van der Waals surface area contributed by atoms with E-state index in [0.29, 0.717) is 5.92 Å². The zero-order chi connectivity index (χ0) is 17.8. The molecule has 2 nitrogen and oxygen atoms in total. The standard InChI is InChI=1S/C21H22F2O2/c1-2-14-6-8-15(9-7-14)16-10-11-19(20(23)12-16)21(24)25-18-5-3-4-17(22)13-18/h3-5,10-15H,2,6-9H2,1H3/t14-,15-. The van der Waals surface area contributed by atoms with Crippen molar-refractivity contribution in [1.82, 2.24) is 0 Å². The molecule has 0 bridgehead atoms. The van der Waals surface area contributed by atoms with Gasteiger partial charge in [0, 0.05) is 6.07 Å². The minimum Gasteiger partial charge on any atom is -0.423 e. The summed E-state index contributed by atoms with van der Waals surface area (Å²) in [5, 5.41) is 0. The molecule has 1 aliphatic carbocycles. The molecule has 0 aromatic heterocycles. The summed E-state index contributed by atoms with van der Waals surface area (Å²) in [5.74, 6) is -0.719. The van der Waals surface area contributed by atoms with Crippen LogP contribution in [0.15, 0.2) is 42.5 Å². The van der Waals surface area contributed by atoms with Crippen LogP contribution in [-0.4, -0.2) is 5.97 Å². The number of carbonyl (C=O) groups is 1. The smallest absolute Gasteiger partial charge is 0.346 e. The van der Waals surface area contributed by atoms with Gasteiger partial charge >= 0.3 is 5.97 Å². The van der Waals surface area contributed by atoms with Crippen LogP contribution in [0.2, 0.25) is 0 Å². The molecule has 1 fully saturated rings. The Morgan fingerprint density at radius 1 is 1.08 bits per heavy atom. The summed E-state index contributed by atoms with van der Waals surface area (Å²) in [4.78, 5) is 12.1. The average molecular weight is 344 g/mol. The second-order valence-electron chi connectivity index (χ2n) is 6.71. The Labute approximate surface area is 146 Å². The fraction of sp³-hybridized carbons (Fsp3) is 0.381. The number of halogens is 2. The lowest BCUT2D eigenvalue weighted by molar-refractivity contribution is 0.0729. The first-order chi connectivity index (χ1) is 12.1. The van der Waals surface area contributed by atoms with E-state index in [1.807, 2.05) is 6.07 Å². The molecule has 0 atom stereocenters. The fourth-order valence-corrected chi connectivity index (χ4v) is 3.55. The van der Waals surface area contributed by atoms with Gasteiger partial charge in [-0.05, 0) is 67.3 Å². The molecule has 0 saturated heterocycles. The monoisotopic (exact) mass is 344 g/mol. The van der Waals surface area contributed by atoms with Crippen LogP contribution < -0.4 is 4.74 Å². The number of rotatable bonds is 4. The van der Waals surface area contributed by atoms with Crippen molar-refractivity contribution in [3.63, 3.8) is 0 Å². The van der Waals surface area contributed by atoms with Gasteiger partial charge in [0.05, 0.1) is 5.56 Å². The van der Waals surface area contributed by atoms with E-state index >= 15 is 0 Å². The Kier molecular flexibility index (Phi) is 5.47. The molecule has 2 aromatic rings. The van der Waals surface area contributed by atoms with Crippen molar-refractivity contribution < 1.29 is 18.3 Å². The molecule has 1 aliphatic rings.